The van der Waals surface area contributed by atoms with Crippen LogP contribution in [0.15, 0.2) is 52.7 Å². The summed E-state index contributed by atoms with van der Waals surface area (Å²) in [5.74, 6) is 1.63. The van der Waals surface area contributed by atoms with Gasteiger partial charge in [-0.1, -0.05) is 24.3 Å². The summed E-state index contributed by atoms with van der Waals surface area (Å²) in [6.07, 6.45) is 17.7. The molecule has 0 aromatic heterocycles. The molecule has 0 aromatic carbocycles. The Bertz CT molecular complexity index is 864. The van der Waals surface area contributed by atoms with E-state index < -0.39 is 15.6 Å². The average molecular weight is 372 g/mol. The predicted octanol–water partition coefficient (Wildman–Crippen LogP) is 2.02. The van der Waals surface area contributed by atoms with Gasteiger partial charge in [0.05, 0.1) is 11.8 Å². The van der Waals surface area contributed by atoms with Gasteiger partial charge in [-0.05, 0) is 17.7 Å². The molecule has 0 saturated heterocycles. The molecule has 0 aromatic rings. The van der Waals surface area contributed by atoms with Gasteiger partial charge in [-0.15, -0.1) is 0 Å². The second kappa shape index (κ2) is 6.06. The Morgan fingerprint density at radius 2 is 1.80 bits per heavy atom. The molecule has 0 bridgehead atoms. The van der Waals surface area contributed by atoms with Crippen LogP contribution in [0.25, 0.3) is 0 Å². The third kappa shape index (κ3) is 3.25. The van der Waals surface area contributed by atoms with Gasteiger partial charge in [0, 0.05) is 17.8 Å². The fourth-order valence-electron chi connectivity index (χ4n) is 3.57. The Kier molecular flexibility index (Phi) is 4.32. The van der Waals surface area contributed by atoms with Crippen LogP contribution in [0.4, 0.5) is 13.2 Å². The molecule has 0 radical (unpaired) electrons. The van der Waals surface area contributed by atoms with Crippen LogP contribution in [0.2, 0.25) is 0 Å². The smallest absolute Gasteiger partial charge is 0.485 e. The number of hydrogen-bond acceptors (Lipinski definition) is 4. The summed E-state index contributed by atoms with van der Waals surface area (Å²) in [6, 6.07) is 0.498. The average Bonchev–Trinajstić information content (AvgIpc) is 2.52. The second-order valence-corrected chi connectivity index (χ2v) is 7.49. The monoisotopic (exact) mass is 372 g/mol. The van der Waals surface area contributed by atoms with Gasteiger partial charge >= 0.3 is 5.51 Å². The highest BCUT2D eigenvalue weighted by molar-refractivity contribution is 7.86. The molecule has 4 unspecified atom stereocenters. The van der Waals surface area contributed by atoms with Gasteiger partial charge in [-0.3, -0.25) is 4.99 Å². The molecule has 4 rings (SSSR count). The van der Waals surface area contributed by atoms with Crippen molar-refractivity contribution in [2.45, 2.75) is 11.6 Å². The van der Waals surface area contributed by atoms with Crippen molar-refractivity contribution in [3.8, 4) is 0 Å². The van der Waals surface area contributed by atoms with E-state index in [1.807, 2.05) is 0 Å². The standard InChI is InChI=1S/C15H15N2.CHF3O3S/c1-17-9-11-5-2-6-12-14(11)15-10(8-16-12)4-3-7-13(15)17;2-1(3,4)8(5,6)7/h2-9,11,13-15H,1H3;(H,5,6,7)/q+1;/p-1. The van der Waals surface area contributed by atoms with Gasteiger partial charge in [-0.25, -0.2) is 13.0 Å². The maximum absolute atomic E-state index is 10.7. The Balaban J connectivity index is 0.000000197. The Hall–Kier alpha value is -2.00. The topological polar surface area (TPSA) is 72.6 Å². The van der Waals surface area contributed by atoms with Crippen LogP contribution in [0.3, 0.4) is 0 Å². The summed E-state index contributed by atoms with van der Waals surface area (Å²) < 4.78 is 61.3. The molecule has 0 spiro atoms. The van der Waals surface area contributed by atoms with Gasteiger partial charge in [0.25, 0.3) is 0 Å². The van der Waals surface area contributed by atoms with Crippen LogP contribution in [-0.4, -0.2) is 48.6 Å². The zero-order valence-corrected chi connectivity index (χ0v) is 13.9. The van der Waals surface area contributed by atoms with Crippen LogP contribution in [0.5, 0.6) is 0 Å². The van der Waals surface area contributed by atoms with E-state index in [0.29, 0.717) is 23.8 Å². The first kappa shape index (κ1) is 17.8. The molecule has 0 saturated carbocycles. The van der Waals surface area contributed by atoms with Crippen LogP contribution in [0.1, 0.15) is 0 Å². The lowest BCUT2D eigenvalue weighted by Crippen LogP contribution is -2.48. The zero-order valence-electron chi connectivity index (χ0n) is 13.1. The highest BCUT2D eigenvalue weighted by Crippen LogP contribution is 2.44. The lowest BCUT2D eigenvalue weighted by molar-refractivity contribution is -0.537. The molecular weight excluding hydrogens is 357 g/mol. The maximum atomic E-state index is 10.7. The number of hydrogen-bond donors (Lipinski definition) is 0. The number of allylic oxidation sites excluding steroid dienone is 6. The molecule has 2 aliphatic heterocycles. The van der Waals surface area contributed by atoms with Crippen LogP contribution in [-0.2, 0) is 10.1 Å². The minimum atomic E-state index is -6.09. The highest BCUT2D eigenvalue weighted by Gasteiger charge is 2.48. The predicted molar refractivity (Wildman–Crippen MR) is 85.2 cm³/mol. The third-order valence-electron chi connectivity index (χ3n) is 4.62. The molecule has 25 heavy (non-hydrogen) atoms. The number of rotatable bonds is 0. The molecule has 4 aliphatic rings. The molecule has 9 heteroatoms. The maximum Gasteiger partial charge on any atom is 0.485 e. The van der Waals surface area contributed by atoms with Crippen molar-refractivity contribution in [3.63, 3.8) is 0 Å². The molecule has 2 heterocycles. The van der Waals surface area contributed by atoms with Crippen LogP contribution < -0.4 is 0 Å². The molecular formula is C16H15F3N2O3S. The first-order chi connectivity index (χ1) is 11.6. The molecule has 0 amide bonds. The van der Waals surface area contributed by atoms with Gasteiger partial charge < -0.3 is 4.55 Å². The lowest BCUT2D eigenvalue weighted by Gasteiger charge is -2.41. The first-order valence-corrected chi connectivity index (χ1v) is 8.90. The summed E-state index contributed by atoms with van der Waals surface area (Å²) in [6.45, 7) is 0. The molecule has 5 nitrogen and oxygen atoms in total. The summed E-state index contributed by atoms with van der Waals surface area (Å²) >= 11 is 0. The summed E-state index contributed by atoms with van der Waals surface area (Å²) in [4.78, 5) is 4.62. The Morgan fingerprint density at radius 1 is 1.16 bits per heavy atom. The SMILES string of the molecule is C[N+]1=CC2C=CC=C3N=CC4=CC=CC1C4C32.O=S(=O)([O-])C(F)(F)F. The van der Waals surface area contributed by atoms with E-state index in [-0.39, 0.29) is 0 Å². The zero-order chi connectivity index (χ0) is 18.4. The van der Waals surface area contributed by atoms with E-state index in [1.54, 1.807) is 0 Å². The van der Waals surface area contributed by atoms with Crippen LogP contribution in [0, 0.1) is 17.8 Å². The van der Waals surface area contributed by atoms with Crippen molar-refractivity contribution in [2.75, 3.05) is 7.05 Å². The minimum absolute atomic E-state index is 0.498. The fourth-order valence-corrected chi connectivity index (χ4v) is 3.57. The molecule has 0 fully saturated rings. The molecule has 2 aliphatic carbocycles. The largest absolute Gasteiger partial charge is 0.741 e. The number of likely N-dealkylation sites (N-methyl/N-ethyl adjacent to an activating group) is 1. The van der Waals surface area contributed by atoms with Gasteiger partial charge in [-0.2, -0.15) is 13.2 Å². The van der Waals surface area contributed by atoms with Crippen molar-refractivity contribution in [3.05, 3.63) is 47.7 Å². The van der Waals surface area contributed by atoms with Crippen molar-refractivity contribution in [1.29, 1.82) is 0 Å². The van der Waals surface area contributed by atoms with Crippen molar-refractivity contribution in [1.82, 2.24) is 0 Å². The molecule has 134 valence electrons. The Labute approximate surface area is 143 Å². The number of alkyl halides is 3. The quantitative estimate of drug-likeness (QED) is 0.371. The van der Waals surface area contributed by atoms with E-state index in [9.17, 15) is 13.2 Å². The van der Waals surface area contributed by atoms with Crippen molar-refractivity contribution < 1.29 is 30.7 Å². The summed E-state index contributed by atoms with van der Waals surface area (Å²) in [5.41, 5.74) is -3.00. The van der Waals surface area contributed by atoms with E-state index in [2.05, 4.69) is 65.5 Å². The van der Waals surface area contributed by atoms with E-state index in [4.69, 9.17) is 13.0 Å². The van der Waals surface area contributed by atoms with Crippen molar-refractivity contribution >= 4 is 22.5 Å². The van der Waals surface area contributed by atoms with E-state index in [0.717, 1.165) is 0 Å². The number of nitrogens with zero attached hydrogens (tertiary/aromatic N) is 2. The lowest BCUT2D eigenvalue weighted by atomic mass is 9.66. The third-order valence-corrected chi connectivity index (χ3v) is 5.18. The van der Waals surface area contributed by atoms with Crippen LogP contribution >= 0.6 is 0 Å². The molecule has 4 atom stereocenters. The highest BCUT2D eigenvalue weighted by atomic mass is 32.2. The van der Waals surface area contributed by atoms with E-state index >= 15 is 0 Å². The van der Waals surface area contributed by atoms with E-state index in [1.165, 1.54) is 11.3 Å². The minimum Gasteiger partial charge on any atom is -0.741 e. The van der Waals surface area contributed by atoms with Gasteiger partial charge in [0.1, 0.15) is 13.3 Å². The summed E-state index contributed by atoms with van der Waals surface area (Å²) in [5, 5.41) is 0. The number of aliphatic imine (C=N–C) groups is 1. The molecule has 0 N–H and O–H groups in total. The van der Waals surface area contributed by atoms with Gasteiger partial charge in [0.2, 0.25) is 0 Å². The normalized spacial score (nSPS) is 32.0. The summed E-state index contributed by atoms with van der Waals surface area (Å²) in [7, 11) is -3.90. The fraction of sp³-hybridized carbons (Fsp3) is 0.375. The second-order valence-electron chi connectivity index (χ2n) is 6.12. The Morgan fingerprint density at radius 3 is 2.44 bits per heavy atom. The number of halogens is 3. The van der Waals surface area contributed by atoms with Gasteiger partial charge in [0.15, 0.2) is 16.2 Å². The van der Waals surface area contributed by atoms with Crippen molar-refractivity contribution in [2.24, 2.45) is 22.7 Å². The first-order valence-electron chi connectivity index (χ1n) is 7.49.